The number of nitrogens with zero attached hydrogens (tertiary/aromatic N) is 1. The van der Waals surface area contributed by atoms with Crippen LogP contribution < -0.4 is 16.0 Å². The fourth-order valence-corrected chi connectivity index (χ4v) is 4.63. The van der Waals surface area contributed by atoms with Crippen LogP contribution in [0.3, 0.4) is 0 Å². The molecule has 3 aromatic carbocycles. The molecule has 0 atom stereocenters. The van der Waals surface area contributed by atoms with Gasteiger partial charge in [-0.15, -0.1) is 12.4 Å². The Balaban J connectivity index is 0.00000306. The van der Waals surface area contributed by atoms with Crippen molar-refractivity contribution in [2.24, 2.45) is 5.73 Å². The van der Waals surface area contributed by atoms with Gasteiger partial charge < -0.3 is 10.3 Å². The zero-order valence-electron chi connectivity index (χ0n) is 17.8. The van der Waals surface area contributed by atoms with E-state index in [2.05, 4.69) is 4.72 Å². The molecule has 4 aromatic rings. The van der Waals surface area contributed by atoms with E-state index in [-0.39, 0.29) is 28.7 Å². The monoisotopic (exact) mass is 482 g/mol. The van der Waals surface area contributed by atoms with Crippen molar-refractivity contribution in [1.82, 2.24) is 4.57 Å². The lowest BCUT2D eigenvalue weighted by Gasteiger charge is -2.13. The van der Waals surface area contributed by atoms with Crippen molar-refractivity contribution >= 4 is 44.7 Å². The summed E-state index contributed by atoms with van der Waals surface area (Å²) in [5.74, 6) is -0.0132. The van der Waals surface area contributed by atoms with Crippen molar-refractivity contribution in [3.8, 4) is 0 Å². The summed E-state index contributed by atoms with van der Waals surface area (Å²) >= 11 is 0. The van der Waals surface area contributed by atoms with E-state index in [9.17, 15) is 13.2 Å². The maximum absolute atomic E-state index is 13.2. The van der Waals surface area contributed by atoms with Gasteiger partial charge in [0, 0.05) is 22.8 Å². The van der Waals surface area contributed by atoms with Crippen LogP contribution in [-0.4, -0.2) is 18.8 Å². The molecular weight excluding hydrogens is 460 g/mol. The minimum Gasteiger partial charge on any atom is -0.384 e. The second-order valence-electron chi connectivity index (χ2n) is 7.53. The van der Waals surface area contributed by atoms with Crippen LogP contribution in [0.2, 0.25) is 0 Å². The summed E-state index contributed by atoms with van der Waals surface area (Å²) in [5.41, 5.74) is 8.00. The number of sulfonamides is 1. The SMILES string of the molecule is Cc1cn(Cc2ccc(C(=N)N)cc2)c(=O)c2cc(NS(=O)(=O)c3ccccc3)ccc12.Cl. The number of halogens is 1. The second-order valence-corrected chi connectivity index (χ2v) is 9.22. The standard InChI is InChI=1S/C24H22N4O3S.ClH/c1-16-14-28(15-17-7-9-18(10-8-17)23(25)26)24(29)22-13-19(11-12-21(16)22)27-32(30,31)20-5-3-2-4-6-20;/h2-14,27H,15H2,1H3,(H3,25,26);1H. The minimum atomic E-state index is -3.76. The number of benzene rings is 3. The quantitative estimate of drug-likeness (QED) is 0.285. The Labute approximate surface area is 197 Å². The van der Waals surface area contributed by atoms with Gasteiger partial charge in [-0.25, -0.2) is 8.42 Å². The summed E-state index contributed by atoms with van der Waals surface area (Å²) in [4.78, 5) is 13.3. The van der Waals surface area contributed by atoms with Crippen LogP contribution in [0.4, 0.5) is 5.69 Å². The fourth-order valence-electron chi connectivity index (χ4n) is 3.56. The van der Waals surface area contributed by atoms with E-state index in [0.29, 0.717) is 23.2 Å². The molecule has 0 fully saturated rings. The predicted octanol–water partition coefficient (Wildman–Crippen LogP) is 3.86. The highest BCUT2D eigenvalue weighted by molar-refractivity contribution is 7.92. The first-order valence-electron chi connectivity index (χ1n) is 9.89. The first kappa shape index (κ1) is 24.0. The van der Waals surface area contributed by atoms with Crippen LogP contribution in [0, 0.1) is 12.3 Å². The van der Waals surface area contributed by atoms with Gasteiger partial charge in [0.1, 0.15) is 5.84 Å². The van der Waals surface area contributed by atoms with Crippen molar-refractivity contribution in [2.45, 2.75) is 18.4 Å². The molecule has 170 valence electrons. The summed E-state index contributed by atoms with van der Waals surface area (Å²) < 4.78 is 29.5. The molecule has 1 aromatic heterocycles. The molecule has 33 heavy (non-hydrogen) atoms. The Bertz CT molecular complexity index is 1480. The molecule has 0 bridgehead atoms. The molecule has 0 aliphatic heterocycles. The van der Waals surface area contributed by atoms with Crippen molar-refractivity contribution in [2.75, 3.05) is 4.72 Å². The van der Waals surface area contributed by atoms with Crippen LogP contribution in [-0.2, 0) is 16.6 Å². The normalized spacial score (nSPS) is 11.1. The minimum absolute atomic E-state index is 0. The third kappa shape index (κ3) is 5.08. The molecule has 0 unspecified atom stereocenters. The third-order valence-corrected chi connectivity index (χ3v) is 6.61. The number of nitrogens with two attached hydrogens (primary N) is 1. The number of pyridine rings is 1. The van der Waals surface area contributed by atoms with Crippen LogP contribution in [0.15, 0.2) is 88.7 Å². The molecule has 0 saturated heterocycles. The van der Waals surface area contributed by atoms with Crippen LogP contribution in [0.25, 0.3) is 10.8 Å². The van der Waals surface area contributed by atoms with E-state index in [0.717, 1.165) is 16.5 Å². The predicted molar refractivity (Wildman–Crippen MR) is 134 cm³/mol. The molecule has 0 aliphatic carbocycles. The third-order valence-electron chi connectivity index (χ3n) is 5.21. The van der Waals surface area contributed by atoms with Gasteiger partial charge in [0.15, 0.2) is 0 Å². The van der Waals surface area contributed by atoms with Crippen LogP contribution in [0.5, 0.6) is 0 Å². The average molecular weight is 483 g/mol. The molecule has 1 heterocycles. The van der Waals surface area contributed by atoms with E-state index in [1.54, 1.807) is 59.3 Å². The maximum atomic E-state index is 13.2. The number of aryl methyl sites for hydroxylation is 1. The topological polar surface area (TPSA) is 118 Å². The van der Waals surface area contributed by atoms with E-state index in [4.69, 9.17) is 11.1 Å². The van der Waals surface area contributed by atoms with Gasteiger partial charge in [-0.3, -0.25) is 14.9 Å². The highest BCUT2D eigenvalue weighted by Gasteiger charge is 2.15. The lowest BCUT2D eigenvalue weighted by molar-refractivity contribution is 0.601. The van der Waals surface area contributed by atoms with Crippen molar-refractivity contribution < 1.29 is 8.42 Å². The Morgan fingerprint density at radius 2 is 1.67 bits per heavy atom. The molecule has 9 heteroatoms. The number of nitrogen functional groups attached to an aromatic ring is 1. The zero-order chi connectivity index (χ0) is 22.9. The Morgan fingerprint density at radius 1 is 1.00 bits per heavy atom. The molecule has 4 rings (SSSR count). The molecule has 4 N–H and O–H groups in total. The number of aromatic nitrogens is 1. The second kappa shape index (κ2) is 9.48. The first-order valence-corrected chi connectivity index (χ1v) is 11.4. The molecule has 0 aliphatic rings. The van der Waals surface area contributed by atoms with Gasteiger partial charge in [0.05, 0.1) is 11.4 Å². The van der Waals surface area contributed by atoms with E-state index in [1.165, 1.54) is 12.1 Å². The largest absolute Gasteiger partial charge is 0.384 e. The van der Waals surface area contributed by atoms with Crippen molar-refractivity contribution in [3.05, 3.63) is 106 Å². The maximum Gasteiger partial charge on any atom is 0.261 e. The Hall–Kier alpha value is -3.62. The van der Waals surface area contributed by atoms with Gasteiger partial charge in [-0.1, -0.05) is 48.5 Å². The van der Waals surface area contributed by atoms with E-state index in [1.807, 2.05) is 19.1 Å². The Kier molecular flexibility index (Phi) is 6.90. The summed E-state index contributed by atoms with van der Waals surface area (Å²) in [6, 6.07) is 20.2. The van der Waals surface area contributed by atoms with Gasteiger partial charge in [-0.2, -0.15) is 0 Å². The van der Waals surface area contributed by atoms with E-state index >= 15 is 0 Å². The number of nitrogens with one attached hydrogen (secondary N) is 2. The average Bonchev–Trinajstić information content (AvgIpc) is 2.78. The summed E-state index contributed by atoms with van der Waals surface area (Å²) in [6.45, 7) is 2.25. The highest BCUT2D eigenvalue weighted by atomic mass is 35.5. The van der Waals surface area contributed by atoms with Crippen LogP contribution in [0.1, 0.15) is 16.7 Å². The number of rotatable bonds is 6. The fraction of sp³-hybridized carbons (Fsp3) is 0.0833. The summed E-state index contributed by atoms with van der Waals surface area (Å²) in [6.07, 6.45) is 1.79. The summed E-state index contributed by atoms with van der Waals surface area (Å²) in [5, 5.41) is 8.68. The van der Waals surface area contributed by atoms with Crippen molar-refractivity contribution in [1.29, 1.82) is 5.41 Å². The number of fused-ring (bicyclic) bond motifs is 1. The van der Waals surface area contributed by atoms with Gasteiger partial charge >= 0.3 is 0 Å². The highest BCUT2D eigenvalue weighted by Crippen LogP contribution is 2.22. The number of amidine groups is 1. The molecular formula is C24H23ClN4O3S. The Morgan fingerprint density at radius 3 is 2.30 bits per heavy atom. The van der Waals surface area contributed by atoms with Crippen LogP contribution >= 0.6 is 12.4 Å². The van der Waals surface area contributed by atoms with Gasteiger partial charge in [0.2, 0.25) is 0 Å². The summed E-state index contributed by atoms with van der Waals surface area (Å²) in [7, 11) is -3.76. The first-order chi connectivity index (χ1) is 15.2. The number of hydrogen-bond acceptors (Lipinski definition) is 4. The van der Waals surface area contributed by atoms with Gasteiger partial charge in [0.25, 0.3) is 15.6 Å². The number of hydrogen-bond donors (Lipinski definition) is 3. The molecule has 0 radical (unpaired) electrons. The smallest absolute Gasteiger partial charge is 0.261 e. The van der Waals surface area contributed by atoms with E-state index < -0.39 is 10.0 Å². The molecule has 7 nitrogen and oxygen atoms in total. The lowest BCUT2D eigenvalue weighted by Crippen LogP contribution is -2.21. The lowest BCUT2D eigenvalue weighted by atomic mass is 10.1. The molecule has 0 spiro atoms. The molecule has 0 amide bonds. The zero-order valence-corrected chi connectivity index (χ0v) is 19.4. The van der Waals surface area contributed by atoms with Crippen molar-refractivity contribution in [3.63, 3.8) is 0 Å². The molecule has 0 saturated carbocycles. The number of anilines is 1. The van der Waals surface area contributed by atoms with Gasteiger partial charge in [-0.05, 0) is 47.7 Å².